The van der Waals surface area contributed by atoms with Crippen molar-refractivity contribution >= 4 is 17.5 Å². The highest BCUT2D eigenvalue weighted by Crippen LogP contribution is 2.40. The number of halogens is 1. The van der Waals surface area contributed by atoms with Gasteiger partial charge in [-0.1, -0.05) is 73.3 Å². The molecule has 1 N–H and O–H groups in total. The first-order valence-corrected chi connectivity index (χ1v) is 10.2. The van der Waals surface area contributed by atoms with Gasteiger partial charge in [-0.3, -0.25) is 4.79 Å². The second-order valence-corrected chi connectivity index (χ2v) is 7.78. The van der Waals surface area contributed by atoms with Crippen LogP contribution in [0.25, 0.3) is 0 Å². The van der Waals surface area contributed by atoms with Gasteiger partial charge in [-0.15, -0.1) is 0 Å². The zero-order valence-electron chi connectivity index (χ0n) is 15.3. The number of rotatable bonds is 7. The van der Waals surface area contributed by atoms with Crippen molar-refractivity contribution in [3.63, 3.8) is 0 Å². The van der Waals surface area contributed by atoms with Crippen LogP contribution in [0.3, 0.4) is 0 Å². The lowest BCUT2D eigenvalue weighted by molar-refractivity contribution is -0.128. The summed E-state index contributed by atoms with van der Waals surface area (Å²) in [5.41, 5.74) is 2.11. The normalized spacial score (nSPS) is 16.2. The molecule has 26 heavy (non-hydrogen) atoms. The van der Waals surface area contributed by atoms with Crippen molar-refractivity contribution in [1.29, 1.82) is 0 Å². The quantitative estimate of drug-likeness (QED) is 0.625. The molecular weight excluding hydrogens is 342 g/mol. The third-order valence-corrected chi connectivity index (χ3v) is 5.81. The molecule has 0 heterocycles. The van der Waals surface area contributed by atoms with E-state index in [9.17, 15) is 4.79 Å². The van der Waals surface area contributed by atoms with Crippen molar-refractivity contribution in [2.45, 2.75) is 56.8 Å². The van der Waals surface area contributed by atoms with Gasteiger partial charge in [0.15, 0.2) is 0 Å². The van der Waals surface area contributed by atoms with Crippen molar-refractivity contribution in [2.24, 2.45) is 0 Å². The van der Waals surface area contributed by atoms with E-state index in [1.54, 1.807) is 0 Å². The number of amides is 1. The summed E-state index contributed by atoms with van der Waals surface area (Å²) in [5.74, 6) is 0.194. The molecule has 138 valence electrons. The van der Waals surface area contributed by atoms with Crippen molar-refractivity contribution in [2.75, 3.05) is 6.54 Å². The second kappa shape index (κ2) is 9.23. The standard InChI is InChI=1S/C23H28ClNO/c24-21-14-12-20(13-15-21)23(16-6-2-7-17-23)22(26)25-18-8-5-11-19-9-3-1-4-10-19/h1,3-4,9-10,12-15H,2,5-8,11,16-18H2,(H,25,26). The van der Waals surface area contributed by atoms with Crippen LogP contribution in [0, 0.1) is 0 Å². The van der Waals surface area contributed by atoms with Gasteiger partial charge in [0.2, 0.25) is 5.91 Å². The minimum absolute atomic E-state index is 0.194. The third-order valence-electron chi connectivity index (χ3n) is 5.56. The number of aryl methyl sites for hydroxylation is 1. The summed E-state index contributed by atoms with van der Waals surface area (Å²) in [5, 5.41) is 3.94. The first kappa shape index (κ1) is 19.0. The number of hydrogen-bond donors (Lipinski definition) is 1. The molecule has 2 nitrogen and oxygen atoms in total. The summed E-state index contributed by atoms with van der Waals surface area (Å²) in [6.07, 6.45) is 8.50. The van der Waals surface area contributed by atoms with Crippen LogP contribution in [0.5, 0.6) is 0 Å². The fraction of sp³-hybridized carbons (Fsp3) is 0.435. The first-order valence-electron chi connectivity index (χ1n) is 9.79. The zero-order chi connectivity index (χ0) is 18.2. The molecule has 2 aromatic rings. The molecule has 0 aliphatic heterocycles. The molecule has 1 amide bonds. The van der Waals surface area contributed by atoms with Crippen LogP contribution in [-0.4, -0.2) is 12.5 Å². The summed E-state index contributed by atoms with van der Waals surface area (Å²) in [7, 11) is 0. The minimum Gasteiger partial charge on any atom is -0.355 e. The number of nitrogens with one attached hydrogen (secondary N) is 1. The van der Waals surface area contributed by atoms with Gasteiger partial charge in [0.05, 0.1) is 5.41 Å². The molecule has 3 heteroatoms. The molecular formula is C23H28ClNO. The summed E-state index contributed by atoms with van der Waals surface area (Å²) < 4.78 is 0. The van der Waals surface area contributed by atoms with Crippen molar-refractivity contribution in [1.82, 2.24) is 5.32 Å². The molecule has 0 saturated heterocycles. The number of benzene rings is 2. The molecule has 0 unspecified atom stereocenters. The van der Waals surface area contributed by atoms with E-state index in [0.29, 0.717) is 0 Å². The molecule has 0 bridgehead atoms. The molecule has 1 saturated carbocycles. The Morgan fingerprint density at radius 2 is 1.62 bits per heavy atom. The van der Waals surface area contributed by atoms with E-state index in [1.165, 1.54) is 12.0 Å². The van der Waals surface area contributed by atoms with E-state index >= 15 is 0 Å². The van der Waals surface area contributed by atoms with Gasteiger partial charge in [-0.2, -0.15) is 0 Å². The van der Waals surface area contributed by atoms with E-state index in [-0.39, 0.29) is 11.3 Å². The highest BCUT2D eigenvalue weighted by Gasteiger charge is 2.40. The highest BCUT2D eigenvalue weighted by molar-refractivity contribution is 6.30. The Labute approximate surface area is 162 Å². The van der Waals surface area contributed by atoms with Crippen molar-refractivity contribution in [3.05, 3.63) is 70.7 Å². The van der Waals surface area contributed by atoms with Crippen molar-refractivity contribution < 1.29 is 4.79 Å². The van der Waals surface area contributed by atoms with E-state index in [1.807, 2.05) is 30.3 Å². The Kier molecular flexibility index (Phi) is 6.73. The summed E-state index contributed by atoms with van der Waals surface area (Å²) in [4.78, 5) is 13.1. The van der Waals surface area contributed by atoms with Crippen LogP contribution in [-0.2, 0) is 16.6 Å². The van der Waals surface area contributed by atoms with Gasteiger partial charge in [0.25, 0.3) is 0 Å². The zero-order valence-corrected chi connectivity index (χ0v) is 16.1. The molecule has 3 rings (SSSR count). The number of unbranched alkanes of at least 4 members (excludes halogenated alkanes) is 1. The first-order chi connectivity index (χ1) is 12.7. The van der Waals surface area contributed by atoms with Crippen LogP contribution in [0.4, 0.5) is 0 Å². The third kappa shape index (κ3) is 4.67. The second-order valence-electron chi connectivity index (χ2n) is 7.35. The van der Waals surface area contributed by atoms with Crippen LogP contribution >= 0.6 is 11.6 Å². The molecule has 1 aliphatic rings. The largest absolute Gasteiger partial charge is 0.355 e. The molecule has 1 fully saturated rings. The van der Waals surface area contributed by atoms with Crippen molar-refractivity contribution in [3.8, 4) is 0 Å². The average Bonchev–Trinajstić information content (AvgIpc) is 2.69. The van der Waals surface area contributed by atoms with E-state index in [0.717, 1.165) is 62.1 Å². The van der Waals surface area contributed by atoms with Crippen LogP contribution in [0.1, 0.15) is 56.1 Å². The summed E-state index contributed by atoms with van der Waals surface area (Å²) >= 11 is 6.04. The summed E-state index contributed by atoms with van der Waals surface area (Å²) in [6.45, 7) is 0.751. The lowest BCUT2D eigenvalue weighted by Gasteiger charge is -2.36. The Bertz CT molecular complexity index is 690. The van der Waals surface area contributed by atoms with Gasteiger partial charge in [0.1, 0.15) is 0 Å². The fourth-order valence-electron chi connectivity index (χ4n) is 4.04. The van der Waals surface area contributed by atoms with Crippen LogP contribution < -0.4 is 5.32 Å². The number of carbonyl (C=O) groups excluding carboxylic acids is 1. The Morgan fingerprint density at radius 3 is 2.31 bits per heavy atom. The average molecular weight is 370 g/mol. The molecule has 2 aromatic carbocycles. The minimum atomic E-state index is -0.373. The smallest absolute Gasteiger partial charge is 0.230 e. The maximum atomic E-state index is 13.1. The Balaban J connectivity index is 1.55. The molecule has 0 atom stereocenters. The van der Waals surface area contributed by atoms with Gasteiger partial charge in [0, 0.05) is 11.6 Å². The SMILES string of the molecule is O=C(NCCCCc1ccccc1)C1(c2ccc(Cl)cc2)CCCCC1. The Hall–Kier alpha value is -1.80. The Morgan fingerprint density at radius 1 is 0.923 bits per heavy atom. The maximum Gasteiger partial charge on any atom is 0.230 e. The predicted octanol–water partition coefficient (Wildman–Crippen LogP) is 5.68. The van der Waals surface area contributed by atoms with E-state index < -0.39 is 0 Å². The highest BCUT2D eigenvalue weighted by atomic mass is 35.5. The lowest BCUT2D eigenvalue weighted by atomic mass is 9.68. The van der Waals surface area contributed by atoms with Crippen LogP contribution in [0.15, 0.2) is 54.6 Å². The monoisotopic (exact) mass is 369 g/mol. The molecule has 0 spiro atoms. The van der Waals surface area contributed by atoms with Gasteiger partial charge < -0.3 is 5.32 Å². The van der Waals surface area contributed by atoms with E-state index in [2.05, 4.69) is 29.6 Å². The number of carbonyl (C=O) groups is 1. The summed E-state index contributed by atoms with van der Waals surface area (Å²) in [6, 6.07) is 18.4. The topological polar surface area (TPSA) is 29.1 Å². The maximum absolute atomic E-state index is 13.1. The van der Waals surface area contributed by atoms with Gasteiger partial charge in [-0.25, -0.2) is 0 Å². The number of hydrogen-bond acceptors (Lipinski definition) is 1. The lowest BCUT2D eigenvalue weighted by Crippen LogP contribution is -2.46. The van der Waals surface area contributed by atoms with Gasteiger partial charge in [-0.05, 0) is 55.4 Å². The van der Waals surface area contributed by atoms with E-state index in [4.69, 9.17) is 11.6 Å². The van der Waals surface area contributed by atoms with Gasteiger partial charge >= 0.3 is 0 Å². The molecule has 1 aliphatic carbocycles. The molecule has 0 radical (unpaired) electrons. The van der Waals surface area contributed by atoms with Crippen LogP contribution in [0.2, 0.25) is 5.02 Å². The fourth-order valence-corrected chi connectivity index (χ4v) is 4.17. The molecule has 0 aromatic heterocycles. The predicted molar refractivity (Wildman–Crippen MR) is 109 cm³/mol.